The van der Waals surface area contributed by atoms with Crippen LogP contribution in [0.4, 0.5) is 0 Å². The van der Waals surface area contributed by atoms with Crippen molar-refractivity contribution in [2.45, 2.75) is 39.4 Å². The maximum atomic E-state index is 5.63. The van der Waals surface area contributed by atoms with E-state index < -0.39 is 8.32 Å². The van der Waals surface area contributed by atoms with Crippen molar-refractivity contribution < 1.29 is 4.43 Å². The topological polar surface area (TPSA) is 9.23 Å². The van der Waals surface area contributed by atoms with Crippen LogP contribution in [0.2, 0.25) is 19.1 Å². The van der Waals surface area contributed by atoms with Crippen LogP contribution in [-0.4, -0.2) is 8.32 Å². The van der Waals surface area contributed by atoms with Crippen molar-refractivity contribution in [1.29, 1.82) is 0 Å². The van der Waals surface area contributed by atoms with Crippen molar-refractivity contribution in [1.82, 2.24) is 0 Å². The molecule has 0 aliphatic heterocycles. The predicted octanol–water partition coefficient (Wildman–Crippen LogP) is 3.71. The van der Waals surface area contributed by atoms with Crippen molar-refractivity contribution in [3.05, 3.63) is 24.5 Å². The minimum absolute atomic E-state index is 1.08. The molecule has 0 spiro atoms. The second-order valence-electron chi connectivity index (χ2n) is 3.40. The molecule has 0 fully saturated rings. The second kappa shape index (κ2) is 6.06. The Labute approximate surface area is 77.3 Å². The van der Waals surface area contributed by atoms with Gasteiger partial charge in [0.05, 0.1) is 6.26 Å². The standard InChI is InChI=1S/C10H20OSi/c1-5-7-8-9-10-11-12(3,4)6-2/h7-10H,5-6H2,1-4H3/b8-7+,10-9+. The molecule has 0 saturated carbocycles. The van der Waals surface area contributed by atoms with E-state index in [2.05, 4.69) is 33.0 Å². The quantitative estimate of drug-likeness (QED) is 0.359. The molecule has 0 radical (unpaired) electrons. The summed E-state index contributed by atoms with van der Waals surface area (Å²) in [5.74, 6) is 0. The molecule has 0 aliphatic carbocycles. The molecule has 0 atom stereocenters. The molecule has 0 aromatic rings. The van der Waals surface area contributed by atoms with E-state index in [-0.39, 0.29) is 0 Å². The lowest BCUT2D eigenvalue weighted by atomic mass is 10.4. The number of allylic oxidation sites excluding steroid dienone is 3. The zero-order valence-electron chi connectivity index (χ0n) is 8.63. The minimum atomic E-state index is -1.36. The molecule has 12 heavy (non-hydrogen) atoms. The summed E-state index contributed by atoms with van der Waals surface area (Å²) in [6.45, 7) is 8.75. The molecular formula is C10H20OSi. The average molecular weight is 184 g/mol. The highest BCUT2D eigenvalue weighted by Gasteiger charge is 2.18. The van der Waals surface area contributed by atoms with Gasteiger partial charge in [0.15, 0.2) is 0 Å². The van der Waals surface area contributed by atoms with E-state index in [0.29, 0.717) is 0 Å². The molecule has 70 valence electrons. The SMILES string of the molecule is CC/C=C/C=C/O[Si](C)(C)CC. The summed E-state index contributed by atoms with van der Waals surface area (Å²) in [6, 6.07) is 1.16. The lowest BCUT2D eigenvalue weighted by Gasteiger charge is -2.18. The summed E-state index contributed by atoms with van der Waals surface area (Å²) in [5.41, 5.74) is 0. The molecule has 0 saturated heterocycles. The highest BCUT2D eigenvalue weighted by molar-refractivity contribution is 6.71. The first-order valence-electron chi connectivity index (χ1n) is 4.62. The fourth-order valence-electron chi connectivity index (χ4n) is 0.567. The van der Waals surface area contributed by atoms with E-state index in [4.69, 9.17) is 4.43 Å². The monoisotopic (exact) mass is 184 g/mol. The molecule has 1 nitrogen and oxygen atoms in total. The van der Waals surface area contributed by atoms with Crippen LogP contribution in [-0.2, 0) is 4.43 Å². The molecule has 0 unspecified atom stereocenters. The molecule has 0 aromatic carbocycles. The lowest BCUT2D eigenvalue weighted by Crippen LogP contribution is -2.26. The van der Waals surface area contributed by atoms with Crippen LogP contribution in [0.25, 0.3) is 0 Å². The van der Waals surface area contributed by atoms with Crippen LogP contribution in [0.1, 0.15) is 20.3 Å². The second-order valence-corrected chi connectivity index (χ2v) is 7.86. The number of hydrogen-bond acceptors (Lipinski definition) is 1. The summed E-state index contributed by atoms with van der Waals surface area (Å²) < 4.78 is 5.63. The van der Waals surface area contributed by atoms with E-state index in [9.17, 15) is 0 Å². The first-order valence-corrected chi connectivity index (χ1v) is 7.73. The van der Waals surface area contributed by atoms with Crippen molar-refractivity contribution in [3.8, 4) is 0 Å². The maximum absolute atomic E-state index is 5.63. The van der Waals surface area contributed by atoms with E-state index in [1.165, 1.54) is 0 Å². The highest BCUT2D eigenvalue weighted by atomic mass is 28.4. The number of rotatable bonds is 5. The van der Waals surface area contributed by atoms with Gasteiger partial charge in [0.2, 0.25) is 8.32 Å². The van der Waals surface area contributed by atoms with Gasteiger partial charge in [-0.25, -0.2) is 0 Å². The summed E-state index contributed by atoms with van der Waals surface area (Å²) >= 11 is 0. The summed E-state index contributed by atoms with van der Waals surface area (Å²) in [6.07, 6.45) is 9.01. The molecule has 0 heterocycles. The van der Waals surface area contributed by atoms with Crippen molar-refractivity contribution in [2.75, 3.05) is 0 Å². The molecule has 0 aliphatic rings. The molecule has 0 aromatic heterocycles. The van der Waals surface area contributed by atoms with Gasteiger partial charge in [0, 0.05) is 0 Å². The van der Waals surface area contributed by atoms with Gasteiger partial charge >= 0.3 is 0 Å². The Hall–Kier alpha value is -0.503. The highest BCUT2D eigenvalue weighted by Crippen LogP contribution is 2.09. The predicted molar refractivity (Wildman–Crippen MR) is 57.6 cm³/mol. The van der Waals surface area contributed by atoms with Gasteiger partial charge < -0.3 is 4.43 Å². The minimum Gasteiger partial charge on any atom is -0.549 e. The average Bonchev–Trinajstić information content (AvgIpc) is 2.04. The fraction of sp³-hybridized carbons (Fsp3) is 0.600. The van der Waals surface area contributed by atoms with Crippen LogP contribution in [0.5, 0.6) is 0 Å². The van der Waals surface area contributed by atoms with Crippen molar-refractivity contribution in [2.24, 2.45) is 0 Å². The van der Waals surface area contributed by atoms with E-state index >= 15 is 0 Å². The summed E-state index contributed by atoms with van der Waals surface area (Å²) in [5, 5.41) is 0. The normalized spacial score (nSPS) is 13.0. The van der Waals surface area contributed by atoms with Crippen molar-refractivity contribution in [3.63, 3.8) is 0 Å². The first-order chi connectivity index (χ1) is 5.62. The Balaban J connectivity index is 3.66. The fourth-order valence-corrected chi connectivity index (χ4v) is 1.18. The van der Waals surface area contributed by atoms with E-state index in [1.807, 2.05) is 18.4 Å². The third-order valence-electron chi connectivity index (χ3n) is 1.80. The van der Waals surface area contributed by atoms with E-state index in [1.54, 1.807) is 0 Å². The zero-order chi connectivity index (χ0) is 9.45. The van der Waals surface area contributed by atoms with Crippen LogP contribution in [0.15, 0.2) is 24.5 Å². The summed E-state index contributed by atoms with van der Waals surface area (Å²) in [7, 11) is -1.36. The Morgan fingerprint density at radius 2 is 1.83 bits per heavy atom. The third-order valence-corrected chi connectivity index (χ3v) is 4.28. The Bertz CT molecular complexity index is 159. The Kier molecular flexibility index (Phi) is 5.81. The lowest BCUT2D eigenvalue weighted by molar-refractivity contribution is 0.473. The van der Waals surface area contributed by atoms with Crippen LogP contribution >= 0.6 is 0 Å². The van der Waals surface area contributed by atoms with Crippen LogP contribution < -0.4 is 0 Å². The van der Waals surface area contributed by atoms with E-state index in [0.717, 1.165) is 12.5 Å². The Morgan fingerprint density at radius 1 is 1.17 bits per heavy atom. The van der Waals surface area contributed by atoms with Gasteiger partial charge in [-0.15, -0.1) is 0 Å². The van der Waals surface area contributed by atoms with Gasteiger partial charge in [0.1, 0.15) is 0 Å². The van der Waals surface area contributed by atoms with Gasteiger partial charge in [-0.3, -0.25) is 0 Å². The molecule has 2 heteroatoms. The smallest absolute Gasteiger partial charge is 0.244 e. The summed E-state index contributed by atoms with van der Waals surface area (Å²) in [4.78, 5) is 0. The zero-order valence-corrected chi connectivity index (χ0v) is 9.63. The molecule has 0 bridgehead atoms. The maximum Gasteiger partial charge on any atom is 0.244 e. The van der Waals surface area contributed by atoms with Gasteiger partial charge in [0.25, 0.3) is 0 Å². The Morgan fingerprint density at radius 3 is 2.33 bits per heavy atom. The first kappa shape index (κ1) is 11.5. The molecule has 0 rings (SSSR count). The van der Waals surface area contributed by atoms with Gasteiger partial charge in [-0.1, -0.05) is 26.0 Å². The largest absolute Gasteiger partial charge is 0.549 e. The van der Waals surface area contributed by atoms with Crippen LogP contribution in [0, 0.1) is 0 Å². The molecule has 0 N–H and O–H groups in total. The number of hydrogen-bond donors (Lipinski definition) is 0. The van der Waals surface area contributed by atoms with Gasteiger partial charge in [-0.2, -0.15) is 0 Å². The third kappa shape index (κ3) is 6.22. The van der Waals surface area contributed by atoms with Crippen LogP contribution in [0.3, 0.4) is 0 Å². The molecule has 0 amide bonds. The van der Waals surface area contributed by atoms with Gasteiger partial charge in [-0.05, 0) is 31.6 Å². The molecular weight excluding hydrogens is 164 g/mol. The van der Waals surface area contributed by atoms with Crippen molar-refractivity contribution >= 4 is 8.32 Å².